The molecule has 1 N–H and O–H groups in total. The van der Waals surface area contributed by atoms with E-state index in [0.717, 1.165) is 64.7 Å². The highest BCUT2D eigenvalue weighted by Gasteiger charge is 2.48. The van der Waals surface area contributed by atoms with Gasteiger partial charge < -0.3 is 19.9 Å². The SMILES string of the molecule is CCCCC[N+]1=C(/C=C/C=C/C=C/C=C2/N(CCCCCC(=O)NCC(C)(C)C)c3ccc4ccccc4c3C2(C)C)C(C)(C)c2c1ccc1ccccc21.CCCCC[N+]1=C(/C=C/C=C/C=C/C=C2/N(CCCCCC(=O)OCC(C)(C)C)c3ccc4ccccc4c3C2(C)C)C(C)(C)c2c1ccc1ccccc21. The standard InChI is InChI=1S/C51H63N3O.C51H63N2O2/c1-9-10-22-35-53-42-33-31-38-24-18-20-26-40(38)47(42)50(5,6)44(53)28-15-12-11-13-16-29-45-51(7,8)48-41-27-21-19-25-39(41)32-34-43(48)54(45)36-23-14-17-30-46(55)52-37-49(2,3)4;1-9-10-22-35-52-42-33-31-38-24-18-20-26-40(38)47(42)50(5,6)44(52)28-15-12-11-13-16-29-45-51(7,8)48-41-27-21-19-25-39(41)32-34-43(48)53(45)36-23-14-17-30-46(54)55-37-49(2,3)4/h2*11-13,15-16,18-21,24-29,31-34H,9-10,14,17,22-23,30,35-37H2,1-8H3/q;+1/p+1. The number of nitrogens with one attached hydrogen (secondary N) is 1. The van der Waals surface area contributed by atoms with E-state index in [1.165, 1.54) is 149 Å². The molecule has 0 saturated carbocycles. The lowest BCUT2D eigenvalue weighted by atomic mass is 9.79. The summed E-state index contributed by atoms with van der Waals surface area (Å²) >= 11 is 0. The van der Waals surface area contributed by atoms with Crippen LogP contribution in [0.5, 0.6) is 0 Å². The molecule has 110 heavy (non-hydrogen) atoms. The average Bonchev–Trinajstić information content (AvgIpc) is 1.60. The zero-order chi connectivity index (χ0) is 78.4. The van der Waals surface area contributed by atoms with Crippen LogP contribution in [-0.4, -0.2) is 71.8 Å². The largest absolute Gasteiger partial charge is 0.465 e. The van der Waals surface area contributed by atoms with Crippen LogP contribution in [0.1, 0.15) is 223 Å². The van der Waals surface area contributed by atoms with Gasteiger partial charge in [0.05, 0.1) is 17.4 Å². The monoisotopic (exact) mass is 1470 g/mol. The first-order chi connectivity index (χ1) is 52.7. The van der Waals surface area contributed by atoms with Gasteiger partial charge in [0, 0.05) is 114 Å². The van der Waals surface area contributed by atoms with Crippen molar-refractivity contribution >= 4 is 89.1 Å². The van der Waals surface area contributed by atoms with Crippen molar-refractivity contribution in [3.05, 3.63) is 264 Å². The number of hydrogen-bond acceptors (Lipinski definition) is 5. The van der Waals surface area contributed by atoms with Gasteiger partial charge in [0.2, 0.25) is 17.3 Å². The molecule has 8 aromatic rings. The second-order valence-electron chi connectivity index (χ2n) is 35.6. The minimum atomic E-state index is -0.161. The fraction of sp³-hybridized carbons (Fsp3) is 0.412. The summed E-state index contributed by atoms with van der Waals surface area (Å²) in [6, 6.07) is 53.5. The number of hydrogen-bond donors (Lipinski definition) is 1. The van der Waals surface area contributed by atoms with Gasteiger partial charge in [-0.1, -0.05) is 279 Å². The number of nitrogens with zero attached hydrogens (tertiary/aromatic N) is 4. The second kappa shape index (κ2) is 35.7. The zero-order valence-corrected chi connectivity index (χ0v) is 69.6. The van der Waals surface area contributed by atoms with E-state index in [1.54, 1.807) is 0 Å². The summed E-state index contributed by atoms with van der Waals surface area (Å²) in [5.41, 5.74) is 15.9. The summed E-state index contributed by atoms with van der Waals surface area (Å²) in [4.78, 5) is 29.8. The Morgan fingerprint density at radius 1 is 0.400 bits per heavy atom. The highest BCUT2D eigenvalue weighted by Crippen LogP contribution is 2.53. The van der Waals surface area contributed by atoms with E-state index in [1.807, 2.05) is 0 Å². The fourth-order valence-electron chi connectivity index (χ4n) is 17.4. The molecule has 0 aromatic heterocycles. The third-order valence-corrected chi connectivity index (χ3v) is 22.9. The molecule has 4 heterocycles. The van der Waals surface area contributed by atoms with Gasteiger partial charge in [0.15, 0.2) is 11.4 Å². The highest BCUT2D eigenvalue weighted by molar-refractivity contribution is 6.09. The number of carbonyl (C=O) groups excluding carboxylic acids is 2. The van der Waals surface area contributed by atoms with Crippen LogP contribution in [0.3, 0.4) is 0 Å². The molecule has 0 saturated heterocycles. The topological polar surface area (TPSA) is 67.9 Å². The highest BCUT2D eigenvalue weighted by atomic mass is 16.5. The number of allylic oxidation sites excluding steroid dienone is 16. The molecule has 0 fully saturated rings. The number of amides is 1. The van der Waals surface area contributed by atoms with Gasteiger partial charge in [0.1, 0.15) is 13.1 Å². The maximum Gasteiger partial charge on any atom is 0.305 e. The van der Waals surface area contributed by atoms with Crippen LogP contribution in [-0.2, 0) is 36.0 Å². The van der Waals surface area contributed by atoms with Crippen molar-refractivity contribution in [3.8, 4) is 0 Å². The van der Waals surface area contributed by atoms with Crippen molar-refractivity contribution in [1.82, 2.24) is 5.32 Å². The maximum atomic E-state index is 12.4. The quantitative estimate of drug-likeness (QED) is 0.0210. The predicted octanol–water partition coefficient (Wildman–Crippen LogP) is 25.7. The molecular formula is C102H127N5O3+2. The fourth-order valence-corrected chi connectivity index (χ4v) is 17.4. The lowest BCUT2D eigenvalue weighted by Gasteiger charge is -2.27. The molecular weight excluding hydrogens is 1340 g/mol. The van der Waals surface area contributed by atoms with Crippen LogP contribution < -0.4 is 15.1 Å². The van der Waals surface area contributed by atoms with Gasteiger partial charge in [-0.3, -0.25) is 9.59 Å². The van der Waals surface area contributed by atoms with E-state index >= 15 is 0 Å². The Morgan fingerprint density at radius 2 is 0.773 bits per heavy atom. The maximum absolute atomic E-state index is 12.4. The lowest BCUT2D eigenvalue weighted by molar-refractivity contribution is -0.438. The Balaban J connectivity index is 0.000000218. The molecule has 0 atom stereocenters. The van der Waals surface area contributed by atoms with E-state index in [-0.39, 0.29) is 44.4 Å². The van der Waals surface area contributed by atoms with Crippen LogP contribution in [0, 0.1) is 10.8 Å². The first-order valence-corrected chi connectivity index (χ1v) is 41.5. The summed E-state index contributed by atoms with van der Waals surface area (Å²) in [5, 5.41) is 13.6. The van der Waals surface area contributed by atoms with E-state index in [9.17, 15) is 9.59 Å². The normalized spacial score (nSPS) is 17.2. The van der Waals surface area contributed by atoms with Crippen LogP contribution in [0.2, 0.25) is 0 Å². The number of rotatable bonds is 30. The Hall–Kier alpha value is -9.40. The number of ether oxygens (including phenoxy) is 1. The number of fused-ring (bicyclic) bond motifs is 12. The van der Waals surface area contributed by atoms with E-state index in [0.29, 0.717) is 26.0 Å². The molecule has 8 heteroatoms. The van der Waals surface area contributed by atoms with Crippen molar-refractivity contribution in [2.45, 2.75) is 222 Å². The summed E-state index contributed by atoms with van der Waals surface area (Å²) in [6.07, 6.45) is 45.2. The molecule has 0 bridgehead atoms. The number of unbranched alkanes of at least 4 members (excludes halogenated alkanes) is 8. The summed E-state index contributed by atoms with van der Waals surface area (Å²) in [5.74, 6) is 0.0764. The van der Waals surface area contributed by atoms with Crippen molar-refractivity contribution in [3.63, 3.8) is 0 Å². The Kier molecular flexibility index (Phi) is 26.5. The number of esters is 1. The Morgan fingerprint density at radius 3 is 1.17 bits per heavy atom. The summed E-state index contributed by atoms with van der Waals surface area (Å²) in [7, 11) is 0. The van der Waals surface area contributed by atoms with E-state index < -0.39 is 0 Å². The van der Waals surface area contributed by atoms with Crippen LogP contribution in [0.15, 0.2) is 242 Å². The predicted molar refractivity (Wildman–Crippen MR) is 472 cm³/mol. The second-order valence-corrected chi connectivity index (χ2v) is 35.6. The van der Waals surface area contributed by atoms with E-state index in [2.05, 4.69) is 366 Å². The van der Waals surface area contributed by atoms with Gasteiger partial charge in [-0.2, -0.15) is 9.15 Å². The Labute approximate surface area is 660 Å². The third kappa shape index (κ3) is 18.6. The number of anilines is 2. The van der Waals surface area contributed by atoms with Crippen molar-refractivity contribution in [2.24, 2.45) is 10.8 Å². The van der Waals surface area contributed by atoms with Crippen molar-refractivity contribution < 1.29 is 23.5 Å². The molecule has 4 aliphatic rings. The van der Waals surface area contributed by atoms with Gasteiger partial charge in [0.25, 0.3) is 0 Å². The molecule has 8 nitrogen and oxygen atoms in total. The number of benzene rings is 8. The zero-order valence-electron chi connectivity index (χ0n) is 69.6. The van der Waals surface area contributed by atoms with Crippen molar-refractivity contribution in [1.29, 1.82) is 0 Å². The van der Waals surface area contributed by atoms with Gasteiger partial charge in [-0.15, -0.1) is 0 Å². The van der Waals surface area contributed by atoms with Gasteiger partial charge >= 0.3 is 5.97 Å². The molecule has 0 unspecified atom stereocenters. The number of carbonyl (C=O) groups is 2. The first-order valence-electron chi connectivity index (χ1n) is 41.5. The Bertz CT molecular complexity index is 4650. The molecule has 4 aliphatic heterocycles. The average molecular weight is 1470 g/mol. The van der Waals surface area contributed by atoms with Crippen LogP contribution >= 0.6 is 0 Å². The van der Waals surface area contributed by atoms with Crippen molar-refractivity contribution in [2.75, 3.05) is 49.1 Å². The summed E-state index contributed by atoms with van der Waals surface area (Å²) in [6.45, 7) is 41.3. The molecule has 0 aliphatic carbocycles. The minimum absolute atomic E-state index is 0.00989. The van der Waals surface area contributed by atoms with Gasteiger partial charge in [-0.05, 0) is 168 Å². The van der Waals surface area contributed by atoms with Gasteiger partial charge in [-0.25, -0.2) is 0 Å². The smallest absolute Gasteiger partial charge is 0.305 e. The van der Waals surface area contributed by atoms with Crippen LogP contribution in [0.4, 0.5) is 22.7 Å². The van der Waals surface area contributed by atoms with Crippen LogP contribution in [0.25, 0.3) is 43.1 Å². The summed E-state index contributed by atoms with van der Waals surface area (Å²) < 4.78 is 10.6. The third-order valence-electron chi connectivity index (χ3n) is 22.9. The van der Waals surface area contributed by atoms with E-state index in [4.69, 9.17) is 4.74 Å². The molecule has 0 spiro atoms. The molecule has 1 amide bonds. The minimum Gasteiger partial charge on any atom is -0.465 e. The lowest BCUT2D eigenvalue weighted by Crippen LogP contribution is -2.32. The first kappa shape index (κ1) is 81.6. The molecule has 8 aromatic carbocycles. The molecule has 576 valence electrons. The molecule has 12 rings (SSSR count). The molecule has 0 radical (unpaired) electrons.